The van der Waals surface area contributed by atoms with Gasteiger partial charge in [0.2, 0.25) is 10.0 Å². The molecule has 7 nitrogen and oxygen atoms in total. The molecule has 0 atom stereocenters. The van der Waals surface area contributed by atoms with Crippen LogP contribution < -0.4 is 5.32 Å². The van der Waals surface area contributed by atoms with E-state index in [0.717, 1.165) is 29.0 Å². The number of H-pyrrole nitrogens is 1. The number of rotatable bonds is 5. The van der Waals surface area contributed by atoms with Crippen LogP contribution >= 0.6 is 11.8 Å². The largest absolute Gasteiger partial charge is 0.356 e. The zero-order valence-electron chi connectivity index (χ0n) is 15.5. The van der Waals surface area contributed by atoms with Crippen LogP contribution in [-0.2, 0) is 16.6 Å². The first kappa shape index (κ1) is 19.1. The van der Waals surface area contributed by atoms with Crippen LogP contribution in [-0.4, -0.2) is 52.8 Å². The van der Waals surface area contributed by atoms with Crippen LogP contribution in [0.5, 0.6) is 0 Å². The topological polar surface area (TPSA) is 87.2 Å². The smallest absolute Gasteiger partial charge is 0.272 e. The lowest BCUT2D eigenvalue weighted by molar-refractivity contribution is 0.102. The van der Waals surface area contributed by atoms with Gasteiger partial charge in [-0.2, -0.15) is 16.1 Å². The Hall–Kier alpha value is -2.23. The molecule has 1 amide bonds. The Balaban J connectivity index is 1.51. The number of amides is 1. The molecule has 1 aliphatic rings. The number of carbonyl (C=O) groups is 1. The molecule has 0 bridgehead atoms. The van der Waals surface area contributed by atoms with Crippen LogP contribution in [0.4, 0.5) is 5.69 Å². The number of aromatic nitrogens is 2. The fraction of sp³-hybridized carbons (Fsp3) is 0.316. The first-order valence-electron chi connectivity index (χ1n) is 9.15. The molecule has 1 aromatic carbocycles. The number of aryl methyl sites for hydroxylation is 1. The average molecular weight is 419 g/mol. The summed E-state index contributed by atoms with van der Waals surface area (Å²) in [6.45, 7) is 3.95. The number of hydrogen-bond donors (Lipinski definition) is 2. The Labute approximate surface area is 168 Å². The molecule has 1 saturated heterocycles. The highest BCUT2D eigenvalue weighted by Gasteiger charge is 2.27. The number of sulfonamides is 1. The summed E-state index contributed by atoms with van der Waals surface area (Å²) in [4.78, 5) is 15.5. The second kappa shape index (κ2) is 7.65. The lowest BCUT2D eigenvalue weighted by Gasteiger charge is -2.24. The summed E-state index contributed by atoms with van der Waals surface area (Å²) in [5.41, 5.74) is 1.99. The van der Waals surface area contributed by atoms with Gasteiger partial charge in [-0.15, -0.1) is 0 Å². The monoisotopic (exact) mass is 418 g/mol. The molecule has 2 aromatic heterocycles. The fourth-order valence-electron chi connectivity index (χ4n) is 3.34. The predicted molar refractivity (Wildman–Crippen MR) is 112 cm³/mol. The van der Waals surface area contributed by atoms with Gasteiger partial charge >= 0.3 is 0 Å². The minimum atomic E-state index is -3.57. The number of nitrogens with zero attached hydrogens (tertiary/aromatic N) is 2. The van der Waals surface area contributed by atoms with Gasteiger partial charge in [0, 0.05) is 60.1 Å². The molecule has 3 heterocycles. The van der Waals surface area contributed by atoms with Gasteiger partial charge in [-0.05, 0) is 37.3 Å². The summed E-state index contributed by atoms with van der Waals surface area (Å²) in [7, 11) is -3.57. The van der Waals surface area contributed by atoms with Gasteiger partial charge in [0.05, 0.1) is 0 Å². The van der Waals surface area contributed by atoms with E-state index in [9.17, 15) is 13.2 Å². The number of nitrogens with one attached hydrogen (secondary N) is 2. The number of carbonyl (C=O) groups excluding carboxylic acids is 1. The van der Waals surface area contributed by atoms with Crippen molar-refractivity contribution in [3.63, 3.8) is 0 Å². The summed E-state index contributed by atoms with van der Waals surface area (Å²) in [5.74, 6) is 1.21. The van der Waals surface area contributed by atoms with Crippen LogP contribution in [0.3, 0.4) is 0 Å². The second-order valence-corrected chi connectivity index (χ2v) is 9.76. The third kappa shape index (κ3) is 3.57. The molecule has 0 saturated carbocycles. The number of hydrogen-bond acceptors (Lipinski definition) is 4. The lowest BCUT2D eigenvalue weighted by Crippen LogP contribution is -2.37. The van der Waals surface area contributed by atoms with E-state index >= 15 is 0 Å². The molecule has 0 spiro atoms. The van der Waals surface area contributed by atoms with Crippen molar-refractivity contribution >= 4 is 44.3 Å². The zero-order chi connectivity index (χ0) is 19.7. The first-order chi connectivity index (χ1) is 13.5. The average Bonchev–Trinajstić information content (AvgIpc) is 3.36. The van der Waals surface area contributed by atoms with Gasteiger partial charge in [0.25, 0.3) is 5.91 Å². The molecule has 0 unspecified atom stereocenters. The number of benzene rings is 1. The molecule has 0 aliphatic carbocycles. The van der Waals surface area contributed by atoms with Crippen LogP contribution in [0.15, 0.2) is 47.6 Å². The SMILES string of the molecule is CCn1ccc2cc(NC(=O)c3cc(S(=O)(=O)N4CCSCC4)c[nH]3)ccc21. The number of aromatic amines is 1. The van der Waals surface area contributed by atoms with Crippen molar-refractivity contribution in [3.05, 3.63) is 48.4 Å². The third-order valence-electron chi connectivity index (χ3n) is 4.88. The minimum absolute atomic E-state index is 0.125. The van der Waals surface area contributed by atoms with Gasteiger partial charge in [-0.25, -0.2) is 8.42 Å². The summed E-state index contributed by atoms with van der Waals surface area (Å²) in [6.07, 6.45) is 3.40. The van der Waals surface area contributed by atoms with Gasteiger partial charge in [0.15, 0.2) is 0 Å². The molecule has 28 heavy (non-hydrogen) atoms. The van der Waals surface area contributed by atoms with Gasteiger partial charge < -0.3 is 14.9 Å². The van der Waals surface area contributed by atoms with Crippen molar-refractivity contribution in [2.75, 3.05) is 29.9 Å². The standard InChI is InChI=1S/C19H22N4O3S2/c1-2-22-6-5-14-11-15(3-4-18(14)22)21-19(24)17-12-16(13-20-17)28(25,26)23-7-9-27-10-8-23/h3-6,11-13,20H,2,7-10H2,1H3,(H,21,24). The van der Waals surface area contributed by atoms with Crippen molar-refractivity contribution in [2.24, 2.45) is 0 Å². The molecule has 4 rings (SSSR count). The first-order valence-corrected chi connectivity index (χ1v) is 11.7. The molecule has 0 radical (unpaired) electrons. The van der Waals surface area contributed by atoms with Crippen LogP contribution in [0.2, 0.25) is 0 Å². The maximum absolute atomic E-state index is 12.7. The van der Waals surface area contributed by atoms with E-state index in [1.165, 1.54) is 16.6 Å². The fourth-order valence-corrected chi connectivity index (χ4v) is 5.91. The number of thioether (sulfide) groups is 1. The summed E-state index contributed by atoms with van der Waals surface area (Å²) in [6, 6.07) is 9.13. The van der Waals surface area contributed by atoms with Crippen molar-refractivity contribution < 1.29 is 13.2 Å². The molecule has 148 valence electrons. The Morgan fingerprint density at radius 2 is 2.00 bits per heavy atom. The van der Waals surface area contributed by atoms with Gasteiger partial charge in [-0.3, -0.25) is 4.79 Å². The maximum Gasteiger partial charge on any atom is 0.272 e. The molecule has 2 N–H and O–H groups in total. The van der Waals surface area contributed by atoms with Crippen molar-refractivity contribution in [1.82, 2.24) is 13.9 Å². The van der Waals surface area contributed by atoms with E-state index in [0.29, 0.717) is 18.8 Å². The zero-order valence-corrected chi connectivity index (χ0v) is 17.1. The third-order valence-corrected chi connectivity index (χ3v) is 7.70. The van der Waals surface area contributed by atoms with Gasteiger partial charge in [-0.1, -0.05) is 0 Å². The maximum atomic E-state index is 12.7. The Morgan fingerprint density at radius 1 is 1.21 bits per heavy atom. The number of fused-ring (bicyclic) bond motifs is 1. The molecule has 3 aromatic rings. The van der Waals surface area contributed by atoms with Crippen molar-refractivity contribution in [1.29, 1.82) is 0 Å². The van der Waals surface area contributed by atoms with Crippen LogP contribution in [0.25, 0.3) is 10.9 Å². The van der Waals surface area contributed by atoms with E-state index in [-0.39, 0.29) is 16.5 Å². The Kier molecular flexibility index (Phi) is 5.22. The highest BCUT2D eigenvalue weighted by molar-refractivity contribution is 7.99. The molecular weight excluding hydrogens is 396 g/mol. The summed E-state index contributed by atoms with van der Waals surface area (Å²) < 4.78 is 29.0. The Morgan fingerprint density at radius 3 is 2.75 bits per heavy atom. The van der Waals surface area contributed by atoms with Crippen molar-refractivity contribution in [2.45, 2.75) is 18.4 Å². The quantitative estimate of drug-likeness (QED) is 0.667. The second-order valence-electron chi connectivity index (χ2n) is 6.59. The summed E-state index contributed by atoms with van der Waals surface area (Å²) in [5, 5.41) is 3.87. The van der Waals surface area contributed by atoms with Crippen molar-refractivity contribution in [3.8, 4) is 0 Å². The highest BCUT2D eigenvalue weighted by atomic mass is 32.2. The van der Waals surface area contributed by atoms with E-state index in [1.54, 1.807) is 11.8 Å². The Bertz CT molecular complexity index is 1110. The van der Waals surface area contributed by atoms with E-state index < -0.39 is 10.0 Å². The minimum Gasteiger partial charge on any atom is -0.356 e. The van der Waals surface area contributed by atoms with Crippen LogP contribution in [0, 0.1) is 0 Å². The predicted octanol–water partition coefficient (Wildman–Crippen LogP) is 2.98. The van der Waals surface area contributed by atoms with E-state index in [2.05, 4.69) is 21.8 Å². The lowest BCUT2D eigenvalue weighted by atomic mass is 10.2. The molecule has 1 fully saturated rings. The normalized spacial score (nSPS) is 15.8. The van der Waals surface area contributed by atoms with E-state index in [4.69, 9.17) is 0 Å². The summed E-state index contributed by atoms with van der Waals surface area (Å²) >= 11 is 1.75. The number of anilines is 1. The highest BCUT2D eigenvalue weighted by Crippen LogP contribution is 2.23. The van der Waals surface area contributed by atoms with Gasteiger partial charge in [0.1, 0.15) is 10.6 Å². The molecule has 1 aliphatic heterocycles. The molecule has 9 heteroatoms. The molecular formula is C19H22N4O3S2. The van der Waals surface area contributed by atoms with E-state index in [1.807, 2.05) is 30.5 Å². The van der Waals surface area contributed by atoms with Crippen LogP contribution in [0.1, 0.15) is 17.4 Å².